The van der Waals surface area contributed by atoms with Crippen LogP contribution in [-0.2, 0) is 9.53 Å². The zero-order chi connectivity index (χ0) is 13.1. The molecule has 0 spiro atoms. The fourth-order valence-corrected chi connectivity index (χ4v) is 1.94. The highest BCUT2D eigenvalue weighted by Crippen LogP contribution is 2.31. The van der Waals surface area contributed by atoms with E-state index >= 15 is 0 Å². The van der Waals surface area contributed by atoms with Crippen LogP contribution in [-0.4, -0.2) is 18.0 Å². The van der Waals surface area contributed by atoms with Gasteiger partial charge in [0.2, 0.25) is 0 Å². The molecular formula is C15H24O2. The predicted molar refractivity (Wildman–Crippen MR) is 70.9 cm³/mol. The predicted octanol–water partition coefficient (Wildman–Crippen LogP) is 3.67. The van der Waals surface area contributed by atoms with E-state index in [-0.39, 0.29) is 18.0 Å². The molecule has 96 valence electrons. The first-order valence-corrected chi connectivity index (χ1v) is 6.30. The van der Waals surface area contributed by atoms with E-state index in [0.29, 0.717) is 5.41 Å². The highest BCUT2D eigenvalue weighted by molar-refractivity contribution is 5.87. The molecule has 0 aromatic heterocycles. The van der Waals surface area contributed by atoms with E-state index in [9.17, 15) is 4.79 Å². The molecule has 1 rings (SSSR count). The molecule has 0 bridgehead atoms. The zero-order valence-electron chi connectivity index (χ0n) is 11.5. The molecule has 1 fully saturated rings. The number of rotatable bonds is 4. The zero-order valence-corrected chi connectivity index (χ0v) is 11.5. The molecule has 1 saturated heterocycles. The van der Waals surface area contributed by atoms with Crippen LogP contribution in [0.25, 0.3) is 0 Å². The molecule has 0 amide bonds. The van der Waals surface area contributed by atoms with E-state index in [0.717, 1.165) is 24.8 Å². The number of ketones is 1. The van der Waals surface area contributed by atoms with Crippen molar-refractivity contribution in [3.63, 3.8) is 0 Å². The summed E-state index contributed by atoms with van der Waals surface area (Å²) in [4.78, 5) is 10.9. The van der Waals surface area contributed by atoms with E-state index in [4.69, 9.17) is 4.74 Å². The number of allylic oxidation sites excluding steroid dienone is 1. The van der Waals surface area contributed by atoms with Crippen LogP contribution in [0.5, 0.6) is 0 Å². The minimum absolute atomic E-state index is 0.0383. The van der Waals surface area contributed by atoms with Crippen molar-refractivity contribution >= 4 is 5.78 Å². The SMILES string of the molecule is C=C1CC(C=CC(C)=O)OC1CCC(C)(C)C. The van der Waals surface area contributed by atoms with E-state index in [2.05, 4.69) is 27.4 Å². The first kappa shape index (κ1) is 14.2. The van der Waals surface area contributed by atoms with E-state index in [1.165, 1.54) is 0 Å². The van der Waals surface area contributed by atoms with Gasteiger partial charge in [0.1, 0.15) is 0 Å². The third-order valence-corrected chi connectivity index (χ3v) is 2.96. The minimum atomic E-state index is 0.0383. The Morgan fingerprint density at radius 2 is 2.18 bits per heavy atom. The fourth-order valence-electron chi connectivity index (χ4n) is 1.94. The van der Waals surface area contributed by atoms with Crippen molar-refractivity contribution in [2.75, 3.05) is 0 Å². The number of carbonyl (C=O) groups excluding carboxylic acids is 1. The molecule has 1 aliphatic heterocycles. The Labute approximate surface area is 105 Å². The lowest BCUT2D eigenvalue weighted by atomic mass is 9.88. The maximum atomic E-state index is 10.9. The summed E-state index contributed by atoms with van der Waals surface area (Å²) in [6.45, 7) is 12.3. The summed E-state index contributed by atoms with van der Waals surface area (Å²) in [7, 11) is 0. The van der Waals surface area contributed by atoms with Gasteiger partial charge in [0, 0.05) is 6.42 Å². The van der Waals surface area contributed by atoms with Crippen LogP contribution in [0, 0.1) is 5.41 Å². The molecule has 2 heteroatoms. The highest BCUT2D eigenvalue weighted by atomic mass is 16.5. The van der Waals surface area contributed by atoms with Crippen molar-refractivity contribution in [1.29, 1.82) is 0 Å². The standard InChI is InChI=1S/C15H24O2/c1-11-10-13(7-6-12(2)16)17-14(11)8-9-15(3,4)5/h6-7,13-14H,1,8-10H2,2-5H3. The Bertz CT molecular complexity index is 320. The summed E-state index contributed by atoms with van der Waals surface area (Å²) in [5.74, 6) is 0.0670. The molecule has 1 aliphatic rings. The second-order valence-corrected chi connectivity index (χ2v) is 6.09. The maximum Gasteiger partial charge on any atom is 0.152 e. The third-order valence-electron chi connectivity index (χ3n) is 2.96. The van der Waals surface area contributed by atoms with Gasteiger partial charge < -0.3 is 4.74 Å². The fraction of sp³-hybridized carbons (Fsp3) is 0.667. The first-order valence-electron chi connectivity index (χ1n) is 6.30. The van der Waals surface area contributed by atoms with Gasteiger partial charge in [-0.2, -0.15) is 0 Å². The topological polar surface area (TPSA) is 26.3 Å². The molecule has 0 radical (unpaired) electrons. The molecule has 0 N–H and O–H groups in total. The molecule has 0 aromatic carbocycles. The summed E-state index contributed by atoms with van der Waals surface area (Å²) < 4.78 is 5.88. The molecule has 0 aliphatic carbocycles. The van der Waals surface area contributed by atoms with Crippen LogP contribution >= 0.6 is 0 Å². The van der Waals surface area contributed by atoms with Gasteiger partial charge in [-0.3, -0.25) is 4.79 Å². The van der Waals surface area contributed by atoms with Gasteiger partial charge in [0.05, 0.1) is 12.2 Å². The van der Waals surface area contributed by atoms with E-state index < -0.39 is 0 Å². The number of ether oxygens (including phenoxy) is 1. The molecule has 2 nitrogen and oxygen atoms in total. The molecule has 0 saturated carbocycles. The van der Waals surface area contributed by atoms with Gasteiger partial charge in [-0.15, -0.1) is 0 Å². The lowest BCUT2D eigenvalue weighted by Gasteiger charge is -2.21. The monoisotopic (exact) mass is 236 g/mol. The molecule has 2 atom stereocenters. The smallest absolute Gasteiger partial charge is 0.152 e. The largest absolute Gasteiger partial charge is 0.366 e. The number of hydrogen-bond donors (Lipinski definition) is 0. The Hall–Kier alpha value is -0.890. The Balaban J connectivity index is 2.45. The summed E-state index contributed by atoms with van der Waals surface area (Å²) in [5.41, 5.74) is 1.49. The van der Waals surface area contributed by atoms with Crippen LogP contribution in [0.2, 0.25) is 0 Å². The van der Waals surface area contributed by atoms with E-state index in [1.807, 2.05) is 6.08 Å². The number of hydrogen-bond acceptors (Lipinski definition) is 2. The van der Waals surface area contributed by atoms with Crippen LogP contribution in [0.1, 0.15) is 47.0 Å². The van der Waals surface area contributed by atoms with Gasteiger partial charge in [-0.05, 0) is 36.8 Å². The van der Waals surface area contributed by atoms with Crippen LogP contribution in [0.15, 0.2) is 24.3 Å². The Kier molecular flexibility index (Phi) is 4.70. The minimum Gasteiger partial charge on any atom is -0.366 e. The van der Waals surface area contributed by atoms with E-state index in [1.54, 1.807) is 13.0 Å². The summed E-state index contributed by atoms with van der Waals surface area (Å²) in [6, 6.07) is 0. The van der Waals surface area contributed by atoms with Gasteiger partial charge in [-0.1, -0.05) is 33.4 Å². The van der Waals surface area contributed by atoms with Crippen molar-refractivity contribution in [1.82, 2.24) is 0 Å². The van der Waals surface area contributed by atoms with Gasteiger partial charge in [0.15, 0.2) is 5.78 Å². The number of carbonyl (C=O) groups is 1. The second kappa shape index (κ2) is 5.63. The van der Waals surface area contributed by atoms with Crippen molar-refractivity contribution in [2.24, 2.45) is 5.41 Å². The highest BCUT2D eigenvalue weighted by Gasteiger charge is 2.28. The van der Waals surface area contributed by atoms with Crippen LogP contribution in [0.3, 0.4) is 0 Å². The lowest BCUT2D eigenvalue weighted by Crippen LogP contribution is -2.14. The molecule has 1 heterocycles. The second-order valence-electron chi connectivity index (χ2n) is 6.09. The van der Waals surface area contributed by atoms with Crippen molar-refractivity contribution in [3.05, 3.63) is 24.3 Å². The molecule has 0 aromatic rings. The van der Waals surface area contributed by atoms with Crippen molar-refractivity contribution in [2.45, 2.75) is 59.2 Å². The Morgan fingerprint density at radius 3 is 2.71 bits per heavy atom. The van der Waals surface area contributed by atoms with Gasteiger partial charge >= 0.3 is 0 Å². The maximum absolute atomic E-state index is 10.9. The third kappa shape index (κ3) is 5.31. The van der Waals surface area contributed by atoms with Crippen LogP contribution < -0.4 is 0 Å². The summed E-state index contributed by atoms with van der Waals surface area (Å²) >= 11 is 0. The van der Waals surface area contributed by atoms with Crippen molar-refractivity contribution in [3.8, 4) is 0 Å². The lowest BCUT2D eigenvalue weighted by molar-refractivity contribution is -0.112. The van der Waals surface area contributed by atoms with Gasteiger partial charge in [0.25, 0.3) is 0 Å². The molecule has 17 heavy (non-hydrogen) atoms. The molecular weight excluding hydrogens is 212 g/mol. The van der Waals surface area contributed by atoms with Crippen molar-refractivity contribution < 1.29 is 9.53 Å². The first-order chi connectivity index (χ1) is 7.78. The average molecular weight is 236 g/mol. The average Bonchev–Trinajstić information content (AvgIpc) is 2.52. The van der Waals surface area contributed by atoms with Gasteiger partial charge in [-0.25, -0.2) is 0 Å². The molecule has 2 unspecified atom stereocenters. The summed E-state index contributed by atoms with van der Waals surface area (Å²) in [6.07, 6.45) is 6.63. The quantitative estimate of drug-likeness (QED) is 0.550. The van der Waals surface area contributed by atoms with Crippen LogP contribution in [0.4, 0.5) is 0 Å². The summed E-state index contributed by atoms with van der Waals surface area (Å²) in [5, 5.41) is 0. The Morgan fingerprint density at radius 1 is 1.53 bits per heavy atom. The normalized spacial score (nSPS) is 25.8.